The van der Waals surface area contributed by atoms with E-state index in [1.165, 1.54) is 55.6 Å². The fraction of sp³-hybridized carbons (Fsp3) is 0.0800. The molecule has 1 saturated heterocycles. The number of aromatic hydroxyl groups is 1. The summed E-state index contributed by atoms with van der Waals surface area (Å²) in [5.41, 5.74) is 0.646. The first kappa shape index (κ1) is 22.5. The molecule has 0 saturated carbocycles. The molecule has 1 aliphatic rings. The van der Waals surface area contributed by atoms with Crippen molar-refractivity contribution in [1.29, 1.82) is 0 Å². The second kappa shape index (κ2) is 8.48. The number of anilines is 1. The molecule has 1 atom stereocenters. The van der Waals surface area contributed by atoms with Crippen LogP contribution >= 0.6 is 11.3 Å². The van der Waals surface area contributed by atoms with E-state index in [-0.39, 0.29) is 27.8 Å². The smallest absolute Gasteiger partial charge is 0.301 e. The predicted octanol–water partition coefficient (Wildman–Crippen LogP) is 4.92. The average molecular weight is 494 g/mol. The van der Waals surface area contributed by atoms with E-state index in [0.717, 1.165) is 28.4 Å². The number of thiazole rings is 1. The molecule has 1 aromatic heterocycles. The summed E-state index contributed by atoms with van der Waals surface area (Å²) in [7, 11) is 1.34. The number of benzene rings is 3. The third-order valence-electron chi connectivity index (χ3n) is 5.63. The molecule has 7 nitrogen and oxygen atoms in total. The number of ketones is 1. The zero-order valence-electron chi connectivity index (χ0n) is 18.0. The Labute approximate surface area is 201 Å². The Morgan fingerprint density at radius 2 is 1.74 bits per heavy atom. The van der Waals surface area contributed by atoms with Gasteiger partial charge in [0.1, 0.15) is 17.4 Å². The van der Waals surface area contributed by atoms with Crippen molar-refractivity contribution in [3.63, 3.8) is 0 Å². The maximum absolute atomic E-state index is 13.7. The topological polar surface area (TPSA) is 100.0 Å². The number of phenols is 1. The van der Waals surface area contributed by atoms with Crippen LogP contribution in [0.5, 0.6) is 11.5 Å². The number of fused-ring (bicyclic) bond motifs is 1. The van der Waals surface area contributed by atoms with Crippen LogP contribution in [-0.2, 0) is 9.59 Å². The molecule has 2 heterocycles. The van der Waals surface area contributed by atoms with Crippen molar-refractivity contribution in [1.82, 2.24) is 4.98 Å². The van der Waals surface area contributed by atoms with Gasteiger partial charge in [-0.1, -0.05) is 17.4 Å². The normalized spacial score (nSPS) is 17.3. The number of ether oxygens (including phenoxy) is 1. The summed E-state index contributed by atoms with van der Waals surface area (Å²) >= 11 is 1.00. The van der Waals surface area contributed by atoms with Gasteiger partial charge in [0.15, 0.2) is 16.6 Å². The second-order valence-corrected chi connectivity index (χ2v) is 8.72. The number of Topliss-reactive ketones (excluding diaryl/α,β-unsaturated/α-hetero) is 1. The molecular formula is C25H16F2N2O5S. The van der Waals surface area contributed by atoms with E-state index in [1.54, 1.807) is 0 Å². The van der Waals surface area contributed by atoms with E-state index in [9.17, 15) is 28.6 Å². The highest BCUT2D eigenvalue weighted by atomic mass is 32.1. The van der Waals surface area contributed by atoms with Crippen molar-refractivity contribution in [2.24, 2.45) is 0 Å². The van der Waals surface area contributed by atoms with Crippen LogP contribution < -0.4 is 9.64 Å². The van der Waals surface area contributed by atoms with Crippen LogP contribution in [0.4, 0.5) is 13.9 Å². The lowest BCUT2D eigenvalue weighted by Gasteiger charge is -2.23. The standard InChI is InChI=1S/C25H16F2N2O5S/c1-34-18-10-13(4-9-17(18)30)21-20(22(31)12-2-5-14(26)6-3-12)23(32)24(33)29(21)25-28-16-8-7-15(27)11-19(16)35-25/h2-11,21,30-31H,1H3. The summed E-state index contributed by atoms with van der Waals surface area (Å²) < 4.78 is 32.8. The molecule has 0 spiro atoms. The molecule has 1 unspecified atom stereocenters. The van der Waals surface area contributed by atoms with Gasteiger partial charge in [0.25, 0.3) is 5.78 Å². The molecule has 3 aromatic carbocycles. The summed E-state index contributed by atoms with van der Waals surface area (Å²) in [6, 6.07) is 11.9. The van der Waals surface area contributed by atoms with Crippen molar-refractivity contribution < 1.29 is 33.3 Å². The molecule has 1 aliphatic heterocycles. The van der Waals surface area contributed by atoms with E-state index in [2.05, 4.69) is 4.98 Å². The van der Waals surface area contributed by atoms with Crippen LogP contribution in [0, 0.1) is 11.6 Å². The number of halogens is 2. The third kappa shape index (κ3) is 3.77. The van der Waals surface area contributed by atoms with Crippen molar-refractivity contribution in [2.45, 2.75) is 6.04 Å². The van der Waals surface area contributed by atoms with Crippen LogP contribution in [-0.4, -0.2) is 34.0 Å². The van der Waals surface area contributed by atoms with Crippen molar-refractivity contribution in [3.8, 4) is 11.5 Å². The summed E-state index contributed by atoms with van der Waals surface area (Å²) in [6.07, 6.45) is 0. The molecule has 4 aromatic rings. The molecule has 0 radical (unpaired) electrons. The molecule has 176 valence electrons. The minimum Gasteiger partial charge on any atom is -0.507 e. The summed E-state index contributed by atoms with van der Waals surface area (Å²) in [4.78, 5) is 32.0. The Kier molecular flexibility index (Phi) is 5.45. The van der Waals surface area contributed by atoms with Gasteiger partial charge in [-0.3, -0.25) is 14.5 Å². The van der Waals surface area contributed by atoms with Crippen molar-refractivity contribution >= 4 is 44.1 Å². The molecule has 1 fully saturated rings. The summed E-state index contributed by atoms with van der Waals surface area (Å²) in [6.45, 7) is 0. The number of methoxy groups -OCH3 is 1. The largest absolute Gasteiger partial charge is 0.507 e. The Balaban J connectivity index is 1.75. The van der Waals surface area contributed by atoms with E-state index in [0.29, 0.717) is 15.8 Å². The number of nitrogens with zero attached hydrogens (tertiary/aromatic N) is 2. The van der Waals surface area contributed by atoms with Crippen LogP contribution in [0.1, 0.15) is 17.2 Å². The number of carbonyl (C=O) groups is 2. The Hall–Kier alpha value is -4.31. The minimum absolute atomic E-state index is 0.0845. The SMILES string of the molecule is COc1cc(C2C(=C(O)c3ccc(F)cc3)C(=O)C(=O)N2c2nc3ccc(F)cc3s2)ccc1O. The van der Waals surface area contributed by atoms with Gasteiger partial charge in [-0.25, -0.2) is 13.8 Å². The first-order chi connectivity index (χ1) is 16.8. The van der Waals surface area contributed by atoms with E-state index in [4.69, 9.17) is 4.74 Å². The quantitative estimate of drug-likeness (QED) is 0.238. The van der Waals surface area contributed by atoms with Crippen LogP contribution in [0.3, 0.4) is 0 Å². The van der Waals surface area contributed by atoms with E-state index in [1.807, 2.05) is 0 Å². The second-order valence-electron chi connectivity index (χ2n) is 7.72. The fourth-order valence-electron chi connectivity index (χ4n) is 3.96. The molecule has 35 heavy (non-hydrogen) atoms. The molecule has 1 amide bonds. The van der Waals surface area contributed by atoms with Crippen LogP contribution in [0.15, 0.2) is 66.2 Å². The lowest BCUT2D eigenvalue weighted by atomic mass is 9.95. The molecule has 5 rings (SSSR count). The van der Waals surface area contributed by atoms with Crippen molar-refractivity contribution in [3.05, 3.63) is 89.0 Å². The van der Waals surface area contributed by atoms with Gasteiger partial charge in [-0.2, -0.15) is 0 Å². The van der Waals surface area contributed by atoms with Gasteiger partial charge >= 0.3 is 5.91 Å². The number of phenolic OH excluding ortho intramolecular Hbond substituents is 1. The molecule has 10 heteroatoms. The number of hydrogen-bond acceptors (Lipinski definition) is 7. The number of aliphatic hydroxyl groups is 1. The van der Waals surface area contributed by atoms with Gasteiger partial charge in [0.05, 0.1) is 28.9 Å². The fourth-order valence-corrected chi connectivity index (χ4v) is 4.98. The van der Waals surface area contributed by atoms with Crippen molar-refractivity contribution in [2.75, 3.05) is 12.0 Å². The van der Waals surface area contributed by atoms with Crippen LogP contribution in [0.2, 0.25) is 0 Å². The average Bonchev–Trinajstić information content (AvgIpc) is 3.37. The first-order valence-electron chi connectivity index (χ1n) is 10.3. The monoisotopic (exact) mass is 494 g/mol. The number of aromatic nitrogens is 1. The molecule has 0 bridgehead atoms. The zero-order valence-corrected chi connectivity index (χ0v) is 18.8. The number of rotatable bonds is 4. The maximum atomic E-state index is 13.7. The maximum Gasteiger partial charge on any atom is 0.301 e. The summed E-state index contributed by atoms with van der Waals surface area (Å²) in [5.74, 6) is -3.53. The zero-order chi connectivity index (χ0) is 24.9. The van der Waals surface area contributed by atoms with Gasteiger partial charge < -0.3 is 14.9 Å². The minimum atomic E-state index is -1.15. The highest BCUT2D eigenvalue weighted by Crippen LogP contribution is 2.45. The van der Waals surface area contributed by atoms with Gasteiger partial charge in [-0.15, -0.1) is 0 Å². The highest BCUT2D eigenvalue weighted by Gasteiger charge is 2.48. The summed E-state index contributed by atoms with van der Waals surface area (Å²) in [5, 5.41) is 21.2. The Morgan fingerprint density at radius 3 is 2.46 bits per heavy atom. The van der Waals surface area contributed by atoms with E-state index >= 15 is 0 Å². The number of hydrogen-bond donors (Lipinski definition) is 2. The lowest BCUT2D eigenvalue weighted by Crippen LogP contribution is -2.29. The predicted molar refractivity (Wildman–Crippen MR) is 125 cm³/mol. The third-order valence-corrected chi connectivity index (χ3v) is 6.64. The van der Waals surface area contributed by atoms with Gasteiger partial charge in [0, 0.05) is 5.56 Å². The Morgan fingerprint density at radius 1 is 1.03 bits per heavy atom. The van der Waals surface area contributed by atoms with Gasteiger partial charge in [-0.05, 0) is 60.2 Å². The number of amides is 1. The molecular weight excluding hydrogens is 478 g/mol. The lowest BCUT2D eigenvalue weighted by molar-refractivity contribution is -0.132. The van der Waals surface area contributed by atoms with Gasteiger partial charge in [0.2, 0.25) is 0 Å². The first-order valence-corrected chi connectivity index (χ1v) is 11.1. The van der Waals surface area contributed by atoms with E-state index < -0.39 is 35.1 Å². The number of aliphatic hydroxyl groups excluding tert-OH is 1. The van der Waals surface area contributed by atoms with Crippen LogP contribution in [0.25, 0.3) is 16.0 Å². The molecule has 0 aliphatic carbocycles. The highest BCUT2D eigenvalue weighted by molar-refractivity contribution is 7.22. The molecule has 2 N–H and O–H groups in total. The number of carbonyl (C=O) groups excluding carboxylic acids is 2. The Bertz CT molecular complexity index is 1530.